The van der Waals surface area contributed by atoms with Crippen LogP contribution in [0.25, 0.3) is 6.08 Å². The van der Waals surface area contributed by atoms with Crippen LogP contribution in [0, 0.1) is 5.41 Å². The number of allylic oxidation sites excluding steroid dienone is 1. The third kappa shape index (κ3) is 4.45. The molecule has 0 saturated heterocycles. The minimum atomic E-state index is -0.766. The van der Waals surface area contributed by atoms with E-state index in [0.717, 1.165) is 5.56 Å². The van der Waals surface area contributed by atoms with E-state index in [1.807, 2.05) is 56.3 Å². The normalized spacial score (nSPS) is 11.9. The first kappa shape index (κ1) is 11.5. The summed E-state index contributed by atoms with van der Waals surface area (Å²) in [7, 11) is 0. The van der Waals surface area contributed by atoms with Crippen molar-refractivity contribution in [2.45, 2.75) is 20.3 Å². The van der Waals surface area contributed by atoms with Gasteiger partial charge in [0.15, 0.2) is 0 Å². The number of carbonyl (C=O) groups is 1. The molecule has 2 heteroatoms. The Kier molecular flexibility index (Phi) is 3.67. The van der Waals surface area contributed by atoms with E-state index in [2.05, 4.69) is 0 Å². The zero-order valence-corrected chi connectivity index (χ0v) is 9.10. The molecule has 0 aliphatic heterocycles. The second kappa shape index (κ2) is 4.78. The average molecular weight is 204 g/mol. The molecule has 0 saturated carbocycles. The van der Waals surface area contributed by atoms with Crippen LogP contribution in [0.1, 0.15) is 25.8 Å². The fraction of sp³-hybridized carbons (Fsp3) is 0.308. The van der Waals surface area contributed by atoms with Gasteiger partial charge in [-0.3, -0.25) is 4.79 Å². The van der Waals surface area contributed by atoms with Gasteiger partial charge in [-0.25, -0.2) is 0 Å². The van der Waals surface area contributed by atoms with Gasteiger partial charge in [-0.2, -0.15) is 0 Å². The SMILES string of the molecule is CC(C)(C=Cc1ccccc1)CC(=O)O. The van der Waals surface area contributed by atoms with E-state index in [0.29, 0.717) is 0 Å². The molecule has 1 aromatic rings. The summed E-state index contributed by atoms with van der Waals surface area (Å²) in [6, 6.07) is 9.87. The molecule has 0 unspecified atom stereocenters. The van der Waals surface area contributed by atoms with Crippen LogP contribution in [0.15, 0.2) is 36.4 Å². The molecule has 0 atom stereocenters. The number of carboxylic acids is 1. The average Bonchev–Trinajstić information content (AvgIpc) is 2.15. The number of rotatable bonds is 4. The zero-order chi connectivity index (χ0) is 11.3. The predicted molar refractivity (Wildman–Crippen MR) is 61.5 cm³/mol. The summed E-state index contributed by atoms with van der Waals surface area (Å²) in [6.07, 6.45) is 4.05. The Balaban J connectivity index is 2.68. The van der Waals surface area contributed by atoms with Gasteiger partial charge in [0.1, 0.15) is 0 Å². The lowest BCUT2D eigenvalue weighted by atomic mass is 9.88. The second-order valence-electron chi connectivity index (χ2n) is 4.30. The third-order valence-corrected chi connectivity index (χ3v) is 2.13. The van der Waals surface area contributed by atoms with E-state index in [1.54, 1.807) is 0 Å². The van der Waals surface area contributed by atoms with Crippen molar-refractivity contribution in [2.24, 2.45) is 5.41 Å². The summed E-state index contributed by atoms with van der Waals surface area (Å²) < 4.78 is 0. The number of benzene rings is 1. The van der Waals surface area contributed by atoms with Gasteiger partial charge in [-0.05, 0) is 11.0 Å². The van der Waals surface area contributed by atoms with Gasteiger partial charge in [0.2, 0.25) is 0 Å². The molecule has 0 fully saturated rings. The molecule has 80 valence electrons. The van der Waals surface area contributed by atoms with E-state index in [1.165, 1.54) is 0 Å². The Labute approximate surface area is 90.3 Å². The van der Waals surface area contributed by atoms with Crippen molar-refractivity contribution in [1.82, 2.24) is 0 Å². The summed E-state index contributed by atoms with van der Waals surface area (Å²) in [5, 5.41) is 8.71. The van der Waals surface area contributed by atoms with Crippen LogP contribution >= 0.6 is 0 Å². The Bertz CT molecular complexity index is 350. The van der Waals surface area contributed by atoms with Gasteiger partial charge in [-0.1, -0.05) is 56.3 Å². The fourth-order valence-corrected chi connectivity index (χ4v) is 1.33. The minimum Gasteiger partial charge on any atom is -0.481 e. The number of aliphatic carboxylic acids is 1. The van der Waals surface area contributed by atoms with Crippen LogP contribution in [-0.4, -0.2) is 11.1 Å². The van der Waals surface area contributed by atoms with E-state index in [4.69, 9.17) is 5.11 Å². The Morgan fingerprint density at radius 1 is 1.33 bits per heavy atom. The third-order valence-electron chi connectivity index (χ3n) is 2.13. The lowest BCUT2D eigenvalue weighted by Crippen LogP contribution is -2.13. The summed E-state index contributed by atoms with van der Waals surface area (Å²) >= 11 is 0. The van der Waals surface area contributed by atoms with E-state index >= 15 is 0 Å². The van der Waals surface area contributed by atoms with Gasteiger partial charge < -0.3 is 5.11 Å². The summed E-state index contributed by atoms with van der Waals surface area (Å²) in [4.78, 5) is 10.6. The van der Waals surface area contributed by atoms with Gasteiger partial charge in [-0.15, -0.1) is 0 Å². The maximum Gasteiger partial charge on any atom is 0.304 e. The molecule has 1 aromatic carbocycles. The Morgan fingerprint density at radius 2 is 1.93 bits per heavy atom. The van der Waals surface area contributed by atoms with Crippen molar-refractivity contribution in [3.8, 4) is 0 Å². The molecule has 0 aliphatic carbocycles. The molecule has 1 N–H and O–H groups in total. The summed E-state index contributed by atoms with van der Waals surface area (Å²) in [5.74, 6) is -0.766. The quantitative estimate of drug-likeness (QED) is 0.817. The molecular formula is C13H16O2. The summed E-state index contributed by atoms with van der Waals surface area (Å²) in [6.45, 7) is 3.83. The van der Waals surface area contributed by atoms with Crippen molar-refractivity contribution < 1.29 is 9.90 Å². The highest BCUT2D eigenvalue weighted by molar-refractivity contribution is 5.68. The largest absolute Gasteiger partial charge is 0.481 e. The molecule has 0 heterocycles. The molecule has 0 aromatic heterocycles. The zero-order valence-electron chi connectivity index (χ0n) is 9.10. The van der Waals surface area contributed by atoms with Crippen LogP contribution in [-0.2, 0) is 4.79 Å². The van der Waals surface area contributed by atoms with Crippen LogP contribution in [0.5, 0.6) is 0 Å². The van der Waals surface area contributed by atoms with Gasteiger partial charge in [0.25, 0.3) is 0 Å². The second-order valence-corrected chi connectivity index (χ2v) is 4.30. The topological polar surface area (TPSA) is 37.3 Å². The molecule has 0 radical (unpaired) electrons. The lowest BCUT2D eigenvalue weighted by Gasteiger charge is -2.16. The molecule has 0 amide bonds. The number of carboxylic acid groups (broad SMARTS) is 1. The summed E-state index contributed by atoms with van der Waals surface area (Å²) in [5.41, 5.74) is 0.790. The molecule has 0 bridgehead atoms. The highest BCUT2D eigenvalue weighted by atomic mass is 16.4. The van der Waals surface area contributed by atoms with Crippen LogP contribution in [0.3, 0.4) is 0 Å². The van der Waals surface area contributed by atoms with E-state index in [-0.39, 0.29) is 11.8 Å². The smallest absolute Gasteiger partial charge is 0.304 e. The van der Waals surface area contributed by atoms with Gasteiger partial charge in [0, 0.05) is 0 Å². The van der Waals surface area contributed by atoms with Crippen molar-refractivity contribution in [3.05, 3.63) is 42.0 Å². The van der Waals surface area contributed by atoms with Crippen molar-refractivity contribution >= 4 is 12.0 Å². The minimum absolute atomic E-state index is 0.149. The monoisotopic (exact) mass is 204 g/mol. The van der Waals surface area contributed by atoms with E-state index < -0.39 is 5.97 Å². The van der Waals surface area contributed by atoms with Crippen LogP contribution in [0.2, 0.25) is 0 Å². The molecule has 1 rings (SSSR count). The number of hydrogen-bond donors (Lipinski definition) is 1. The van der Waals surface area contributed by atoms with Crippen molar-refractivity contribution in [1.29, 1.82) is 0 Å². The molecule has 2 nitrogen and oxygen atoms in total. The maximum atomic E-state index is 10.6. The lowest BCUT2D eigenvalue weighted by molar-refractivity contribution is -0.138. The standard InChI is InChI=1S/C13H16O2/c1-13(2,10-12(14)15)9-8-11-6-4-3-5-7-11/h3-9H,10H2,1-2H3,(H,14,15). The van der Waals surface area contributed by atoms with Crippen molar-refractivity contribution in [3.63, 3.8) is 0 Å². The molecule has 15 heavy (non-hydrogen) atoms. The molecule has 0 aliphatic rings. The highest BCUT2D eigenvalue weighted by Gasteiger charge is 2.17. The van der Waals surface area contributed by atoms with Gasteiger partial charge >= 0.3 is 5.97 Å². The molecular weight excluding hydrogens is 188 g/mol. The fourth-order valence-electron chi connectivity index (χ4n) is 1.33. The highest BCUT2D eigenvalue weighted by Crippen LogP contribution is 2.23. The first-order valence-corrected chi connectivity index (χ1v) is 4.96. The van der Waals surface area contributed by atoms with Crippen molar-refractivity contribution in [2.75, 3.05) is 0 Å². The Morgan fingerprint density at radius 3 is 2.47 bits per heavy atom. The molecule has 0 spiro atoms. The number of hydrogen-bond acceptors (Lipinski definition) is 1. The first-order valence-electron chi connectivity index (χ1n) is 4.96. The van der Waals surface area contributed by atoms with Crippen LogP contribution < -0.4 is 0 Å². The van der Waals surface area contributed by atoms with E-state index in [9.17, 15) is 4.79 Å². The first-order chi connectivity index (χ1) is 6.99. The van der Waals surface area contributed by atoms with Crippen LogP contribution in [0.4, 0.5) is 0 Å². The predicted octanol–water partition coefficient (Wildman–Crippen LogP) is 3.20. The maximum absolute atomic E-state index is 10.6. The Hall–Kier alpha value is -1.57. The van der Waals surface area contributed by atoms with Gasteiger partial charge in [0.05, 0.1) is 6.42 Å².